The Labute approximate surface area is 149 Å². The number of hydrogen-bond acceptors (Lipinski definition) is 3. The van der Waals surface area contributed by atoms with Crippen LogP contribution in [0.3, 0.4) is 0 Å². The van der Waals surface area contributed by atoms with Gasteiger partial charge in [-0.25, -0.2) is 4.99 Å². The number of nitrogens with zero attached hydrogens (tertiary/aromatic N) is 1. The van der Waals surface area contributed by atoms with Crippen molar-refractivity contribution in [3.05, 3.63) is 29.8 Å². The van der Waals surface area contributed by atoms with Gasteiger partial charge in [-0.2, -0.15) is 11.8 Å². The molecule has 1 saturated heterocycles. The third-order valence-corrected chi connectivity index (χ3v) is 5.61. The Bertz CT molecular complexity index is 539. The van der Waals surface area contributed by atoms with Crippen LogP contribution in [-0.2, 0) is 6.54 Å². The Morgan fingerprint density at radius 3 is 2.92 bits per heavy atom. The first-order chi connectivity index (χ1) is 11.8. The van der Waals surface area contributed by atoms with Crippen molar-refractivity contribution in [1.29, 1.82) is 0 Å². The lowest BCUT2D eigenvalue weighted by atomic mass is 10.2. The Balaban J connectivity index is 1.59. The van der Waals surface area contributed by atoms with Crippen molar-refractivity contribution >= 4 is 17.7 Å². The molecule has 1 aromatic rings. The molecule has 0 spiro atoms. The van der Waals surface area contributed by atoms with E-state index in [2.05, 4.69) is 35.8 Å². The zero-order valence-corrected chi connectivity index (χ0v) is 15.4. The fourth-order valence-corrected chi connectivity index (χ4v) is 3.87. The predicted molar refractivity (Wildman–Crippen MR) is 103 cm³/mol. The van der Waals surface area contributed by atoms with Gasteiger partial charge < -0.3 is 15.4 Å². The van der Waals surface area contributed by atoms with Gasteiger partial charge in [-0.05, 0) is 50.3 Å². The highest BCUT2D eigenvalue weighted by molar-refractivity contribution is 7.99. The van der Waals surface area contributed by atoms with Crippen LogP contribution in [0.1, 0.15) is 38.2 Å². The van der Waals surface area contributed by atoms with E-state index in [-0.39, 0.29) is 0 Å². The molecule has 1 saturated carbocycles. The molecule has 1 aliphatic carbocycles. The molecular weight excluding hydrogens is 318 g/mol. The van der Waals surface area contributed by atoms with Crippen LogP contribution in [0.4, 0.5) is 0 Å². The molecule has 3 rings (SSSR count). The molecule has 0 amide bonds. The van der Waals surface area contributed by atoms with Crippen LogP contribution < -0.4 is 15.4 Å². The molecule has 24 heavy (non-hydrogen) atoms. The minimum Gasteiger partial charge on any atom is -0.493 e. The lowest BCUT2D eigenvalue weighted by molar-refractivity contribution is 0.297. The monoisotopic (exact) mass is 347 g/mol. The molecule has 1 atom stereocenters. The summed E-state index contributed by atoms with van der Waals surface area (Å²) < 4.78 is 5.99. The SMILES string of the molecule is CCNC(=NCc1ccccc1OCC1CC1)NC1CCCSC1. The van der Waals surface area contributed by atoms with Crippen LogP contribution in [0.2, 0.25) is 0 Å². The normalized spacial score (nSPS) is 21.4. The van der Waals surface area contributed by atoms with Crippen LogP contribution in [0.15, 0.2) is 29.3 Å². The highest BCUT2D eigenvalue weighted by Gasteiger charge is 2.22. The summed E-state index contributed by atoms with van der Waals surface area (Å²) in [5.74, 6) is 5.13. The third kappa shape index (κ3) is 5.62. The summed E-state index contributed by atoms with van der Waals surface area (Å²) in [5, 5.41) is 6.95. The van der Waals surface area contributed by atoms with E-state index in [4.69, 9.17) is 9.73 Å². The van der Waals surface area contributed by atoms with E-state index >= 15 is 0 Å². The summed E-state index contributed by atoms with van der Waals surface area (Å²) >= 11 is 2.03. The van der Waals surface area contributed by atoms with Gasteiger partial charge in [-0.3, -0.25) is 0 Å². The smallest absolute Gasteiger partial charge is 0.191 e. The number of nitrogens with one attached hydrogen (secondary N) is 2. The second-order valence-electron chi connectivity index (χ2n) is 6.62. The molecule has 0 aromatic heterocycles. The zero-order chi connectivity index (χ0) is 16.6. The van der Waals surface area contributed by atoms with Gasteiger partial charge in [-0.15, -0.1) is 0 Å². The van der Waals surface area contributed by atoms with Gasteiger partial charge >= 0.3 is 0 Å². The molecule has 2 N–H and O–H groups in total. The molecule has 1 unspecified atom stereocenters. The van der Waals surface area contributed by atoms with Crippen molar-refractivity contribution in [3.63, 3.8) is 0 Å². The Morgan fingerprint density at radius 1 is 1.29 bits per heavy atom. The van der Waals surface area contributed by atoms with Gasteiger partial charge in [0.05, 0.1) is 13.2 Å². The summed E-state index contributed by atoms with van der Waals surface area (Å²) in [6.45, 7) is 4.49. The fourth-order valence-electron chi connectivity index (χ4n) is 2.80. The molecule has 5 heteroatoms. The van der Waals surface area contributed by atoms with Crippen molar-refractivity contribution in [1.82, 2.24) is 10.6 Å². The number of hydrogen-bond donors (Lipinski definition) is 2. The van der Waals surface area contributed by atoms with Crippen LogP contribution >= 0.6 is 11.8 Å². The summed E-state index contributed by atoms with van der Waals surface area (Å²) in [6, 6.07) is 8.81. The lowest BCUT2D eigenvalue weighted by Crippen LogP contribution is -2.45. The summed E-state index contributed by atoms with van der Waals surface area (Å²) in [7, 11) is 0. The van der Waals surface area contributed by atoms with Crippen LogP contribution in [0.25, 0.3) is 0 Å². The maximum Gasteiger partial charge on any atom is 0.191 e. The molecule has 0 bridgehead atoms. The summed E-state index contributed by atoms with van der Waals surface area (Å²) in [5.41, 5.74) is 1.16. The van der Waals surface area contributed by atoms with Crippen molar-refractivity contribution < 1.29 is 4.74 Å². The summed E-state index contributed by atoms with van der Waals surface area (Å²) in [6.07, 6.45) is 5.15. The van der Waals surface area contributed by atoms with E-state index in [1.165, 1.54) is 37.2 Å². The summed E-state index contributed by atoms with van der Waals surface area (Å²) in [4.78, 5) is 4.79. The molecule has 2 fully saturated rings. The number of guanidine groups is 1. The standard InChI is InChI=1S/C19H29N3OS/c1-2-20-19(22-17-7-5-11-24-14-17)21-12-16-6-3-4-8-18(16)23-13-15-9-10-15/h3-4,6,8,15,17H,2,5,7,9-14H2,1H3,(H2,20,21,22). The van der Waals surface area contributed by atoms with E-state index in [0.29, 0.717) is 12.6 Å². The first-order valence-electron chi connectivity index (χ1n) is 9.18. The van der Waals surface area contributed by atoms with Crippen molar-refractivity contribution in [2.45, 2.75) is 45.2 Å². The van der Waals surface area contributed by atoms with Crippen molar-refractivity contribution in [2.24, 2.45) is 10.9 Å². The van der Waals surface area contributed by atoms with Gasteiger partial charge in [-0.1, -0.05) is 18.2 Å². The van der Waals surface area contributed by atoms with Crippen LogP contribution in [0, 0.1) is 5.92 Å². The average Bonchev–Trinajstić information content (AvgIpc) is 3.44. The average molecular weight is 348 g/mol. The van der Waals surface area contributed by atoms with Gasteiger partial charge in [0.25, 0.3) is 0 Å². The number of benzene rings is 1. The molecule has 132 valence electrons. The van der Waals surface area contributed by atoms with Gasteiger partial charge in [0, 0.05) is 23.9 Å². The van der Waals surface area contributed by atoms with Crippen LogP contribution in [-0.4, -0.2) is 36.7 Å². The van der Waals surface area contributed by atoms with Crippen LogP contribution in [0.5, 0.6) is 5.75 Å². The maximum atomic E-state index is 5.99. The van der Waals surface area contributed by atoms with E-state index in [9.17, 15) is 0 Å². The Kier molecular flexibility index (Phi) is 6.70. The highest BCUT2D eigenvalue weighted by Crippen LogP contribution is 2.30. The number of rotatable bonds is 7. The predicted octanol–water partition coefficient (Wildman–Crippen LogP) is 3.43. The van der Waals surface area contributed by atoms with E-state index in [1.54, 1.807) is 0 Å². The molecule has 1 heterocycles. The molecule has 1 aliphatic heterocycles. The Hall–Kier alpha value is -1.36. The lowest BCUT2D eigenvalue weighted by Gasteiger charge is -2.24. The van der Waals surface area contributed by atoms with E-state index < -0.39 is 0 Å². The van der Waals surface area contributed by atoms with Crippen molar-refractivity contribution in [2.75, 3.05) is 24.7 Å². The molecule has 4 nitrogen and oxygen atoms in total. The Morgan fingerprint density at radius 2 is 2.17 bits per heavy atom. The topological polar surface area (TPSA) is 45.7 Å². The van der Waals surface area contributed by atoms with Gasteiger partial charge in [0.2, 0.25) is 0 Å². The first kappa shape index (κ1) is 17.5. The number of ether oxygens (including phenoxy) is 1. The number of para-hydroxylation sites is 1. The van der Waals surface area contributed by atoms with E-state index in [0.717, 1.165) is 36.3 Å². The van der Waals surface area contributed by atoms with Gasteiger partial charge in [0.1, 0.15) is 5.75 Å². The quantitative estimate of drug-likeness (QED) is 0.586. The molecule has 0 radical (unpaired) electrons. The highest BCUT2D eigenvalue weighted by atomic mass is 32.2. The number of aliphatic imine (C=N–C) groups is 1. The van der Waals surface area contributed by atoms with Gasteiger partial charge in [0.15, 0.2) is 5.96 Å². The second kappa shape index (κ2) is 9.21. The van der Waals surface area contributed by atoms with E-state index in [1.807, 2.05) is 17.8 Å². The fraction of sp³-hybridized carbons (Fsp3) is 0.632. The minimum absolute atomic E-state index is 0.530. The minimum atomic E-state index is 0.530. The third-order valence-electron chi connectivity index (χ3n) is 4.40. The number of thioether (sulfide) groups is 1. The molecule has 1 aromatic carbocycles. The second-order valence-corrected chi connectivity index (χ2v) is 7.77. The zero-order valence-electron chi connectivity index (χ0n) is 14.6. The maximum absolute atomic E-state index is 5.99. The molecular formula is C19H29N3OS. The largest absolute Gasteiger partial charge is 0.493 e. The van der Waals surface area contributed by atoms with Crippen molar-refractivity contribution in [3.8, 4) is 5.75 Å². The first-order valence-corrected chi connectivity index (χ1v) is 10.3. The molecule has 2 aliphatic rings.